The summed E-state index contributed by atoms with van der Waals surface area (Å²) >= 11 is 0. The molecule has 25 heavy (non-hydrogen) atoms. The van der Waals surface area contributed by atoms with Gasteiger partial charge in [-0.1, -0.05) is 6.58 Å². The molecule has 2 saturated heterocycles. The zero-order valence-corrected chi connectivity index (χ0v) is 14.8. The summed E-state index contributed by atoms with van der Waals surface area (Å²) in [5.74, 6) is -0.284. The SMILES string of the molecule is C=C1NN(c2nc(C)cc(C)n2)C(=O)[C@@H]1C=NCCN1CCNCC1. The first kappa shape index (κ1) is 17.5. The van der Waals surface area contributed by atoms with Gasteiger partial charge in [0, 0.05) is 56.0 Å². The summed E-state index contributed by atoms with van der Waals surface area (Å²) < 4.78 is 0. The molecule has 2 fully saturated rings. The second-order valence-electron chi connectivity index (χ2n) is 6.39. The van der Waals surface area contributed by atoms with E-state index in [-0.39, 0.29) is 5.91 Å². The first-order chi connectivity index (χ1) is 12.0. The molecule has 2 N–H and O–H groups in total. The smallest absolute Gasteiger partial charge is 0.262 e. The Morgan fingerprint density at radius 3 is 2.68 bits per heavy atom. The van der Waals surface area contributed by atoms with Gasteiger partial charge in [0.1, 0.15) is 5.92 Å². The van der Waals surface area contributed by atoms with Gasteiger partial charge in [0.15, 0.2) is 0 Å². The van der Waals surface area contributed by atoms with Crippen LogP contribution in [0.4, 0.5) is 5.95 Å². The third-order valence-electron chi connectivity index (χ3n) is 4.30. The average molecular weight is 343 g/mol. The lowest BCUT2D eigenvalue weighted by molar-refractivity contribution is -0.118. The summed E-state index contributed by atoms with van der Waals surface area (Å²) in [6.45, 7) is 13.4. The van der Waals surface area contributed by atoms with Crippen LogP contribution in [0.5, 0.6) is 0 Å². The van der Waals surface area contributed by atoms with E-state index < -0.39 is 5.92 Å². The minimum Gasteiger partial charge on any atom is -0.314 e. The molecule has 0 radical (unpaired) electrons. The monoisotopic (exact) mass is 343 g/mol. The van der Waals surface area contributed by atoms with E-state index in [9.17, 15) is 4.79 Å². The summed E-state index contributed by atoms with van der Waals surface area (Å²) in [4.78, 5) is 28.1. The lowest BCUT2D eigenvalue weighted by atomic mass is 10.1. The van der Waals surface area contributed by atoms with Gasteiger partial charge < -0.3 is 5.32 Å². The Bertz CT molecular complexity index is 661. The molecule has 8 heteroatoms. The van der Waals surface area contributed by atoms with E-state index in [1.54, 1.807) is 6.21 Å². The number of hydrazine groups is 1. The largest absolute Gasteiger partial charge is 0.314 e. The van der Waals surface area contributed by atoms with Crippen molar-refractivity contribution in [2.45, 2.75) is 13.8 Å². The van der Waals surface area contributed by atoms with Gasteiger partial charge in [0.2, 0.25) is 0 Å². The molecule has 0 aliphatic carbocycles. The molecule has 3 rings (SSSR count). The van der Waals surface area contributed by atoms with Gasteiger partial charge in [-0.3, -0.25) is 20.1 Å². The van der Waals surface area contributed by atoms with Gasteiger partial charge in [-0.15, -0.1) is 0 Å². The molecule has 2 aliphatic rings. The molecule has 1 atom stereocenters. The van der Waals surface area contributed by atoms with Crippen molar-refractivity contribution in [1.29, 1.82) is 0 Å². The van der Waals surface area contributed by atoms with E-state index in [2.05, 4.69) is 37.2 Å². The van der Waals surface area contributed by atoms with Crippen LogP contribution in [0.1, 0.15) is 11.4 Å². The van der Waals surface area contributed by atoms with Gasteiger partial charge >= 0.3 is 0 Å². The Morgan fingerprint density at radius 1 is 1.32 bits per heavy atom. The van der Waals surface area contributed by atoms with Gasteiger partial charge in [0.05, 0.1) is 6.54 Å². The second-order valence-corrected chi connectivity index (χ2v) is 6.39. The van der Waals surface area contributed by atoms with E-state index in [1.165, 1.54) is 5.01 Å². The number of aromatic nitrogens is 2. The summed E-state index contributed by atoms with van der Waals surface area (Å²) in [7, 11) is 0. The topological polar surface area (TPSA) is 85.7 Å². The lowest BCUT2D eigenvalue weighted by Gasteiger charge is -2.26. The Balaban J connectivity index is 1.60. The van der Waals surface area contributed by atoms with E-state index in [0.29, 0.717) is 18.2 Å². The molecule has 0 aromatic carbocycles. The average Bonchev–Trinajstić information content (AvgIpc) is 2.86. The number of nitrogens with zero attached hydrogens (tertiary/aromatic N) is 5. The molecule has 3 heterocycles. The van der Waals surface area contributed by atoms with E-state index in [0.717, 1.165) is 44.1 Å². The van der Waals surface area contributed by atoms with E-state index in [4.69, 9.17) is 0 Å². The number of anilines is 1. The minimum atomic E-state index is -0.479. The van der Waals surface area contributed by atoms with Crippen molar-refractivity contribution >= 4 is 18.1 Å². The fourth-order valence-electron chi connectivity index (χ4n) is 2.98. The molecule has 0 spiro atoms. The Hall–Kier alpha value is -2.32. The van der Waals surface area contributed by atoms with Crippen molar-refractivity contribution in [3.8, 4) is 0 Å². The third-order valence-corrected chi connectivity index (χ3v) is 4.30. The maximum Gasteiger partial charge on any atom is 0.262 e. The summed E-state index contributed by atoms with van der Waals surface area (Å²) in [6, 6.07) is 1.87. The van der Waals surface area contributed by atoms with Gasteiger partial charge in [0.25, 0.3) is 11.9 Å². The fourth-order valence-corrected chi connectivity index (χ4v) is 2.98. The Morgan fingerprint density at radius 2 is 2.00 bits per heavy atom. The predicted molar refractivity (Wildman–Crippen MR) is 97.4 cm³/mol. The summed E-state index contributed by atoms with van der Waals surface area (Å²) in [5, 5.41) is 4.68. The molecule has 1 amide bonds. The van der Waals surface area contributed by atoms with Crippen molar-refractivity contribution < 1.29 is 4.79 Å². The van der Waals surface area contributed by atoms with Crippen molar-refractivity contribution in [3.63, 3.8) is 0 Å². The number of nitrogens with one attached hydrogen (secondary N) is 2. The number of piperazine rings is 1. The molecule has 0 saturated carbocycles. The van der Waals surface area contributed by atoms with Gasteiger partial charge in [-0.2, -0.15) is 5.01 Å². The summed E-state index contributed by atoms with van der Waals surface area (Å²) in [5.41, 5.74) is 5.20. The number of hydrogen-bond donors (Lipinski definition) is 2. The minimum absolute atomic E-state index is 0.152. The van der Waals surface area contributed by atoms with Crippen LogP contribution < -0.4 is 15.8 Å². The van der Waals surface area contributed by atoms with Crippen LogP contribution >= 0.6 is 0 Å². The zero-order chi connectivity index (χ0) is 17.8. The Labute approximate surface area is 148 Å². The van der Waals surface area contributed by atoms with E-state index >= 15 is 0 Å². The number of aryl methyl sites for hydroxylation is 2. The molecular formula is C17H25N7O. The number of carbonyl (C=O) groups is 1. The highest BCUT2D eigenvalue weighted by Crippen LogP contribution is 2.21. The van der Waals surface area contributed by atoms with Crippen LogP contribution in [-0.4, -0.2) is 66.3 Å². The van der Waals surface area contributed by atoms with Gasteiger partial charge in [-0.05, 0) is 19.9 Å². The highest BCUT2D eigenvalue weighted by molar-refractivity contribution is 6.07. The molecule has 2 aliphatic heterocycles. The molecule has 1 aromatic rings. The third kappa shape index (κ3) is 4.21. The molecular weight excluding hydrogens is 318 g/mol. The molecule has 134 valence electrons. The quantitative estimate of drug-likeness (QED) is 0.735. The van der Waals surface area contributed by atoms with Crippen molar-refractivity contribution in [3.05, 3.63) is 29.7 Å². The first-order valence-corrected chi connectivity index (χ1v) is 8.59. The van der Waals surface area contributed by atoms with Crippen LogP contribution in [0, 0.1) is 19.8 Å². The van der Waals surface area contributed by atoms with Crippen molar-refractivity contribution in [1.82, 2.24) is 25.6 Å². The van der Waals surface area contributed by atoms with Gasteiger partial charge in [-0.25, -0.2) is 9.97 Å². The molecule has 8 nitrogen and oxygen atoms in total. The van der Waals surface area contributed by atoms with Crippen molar-refractivity contribution in [2.75, 3.05) is 44.3 Å². The highest BCUT2D eigenvalue weighted by atomic mass is 16.2. The van der Waals surface area contributed by atoms with E-state index in [1.807, 2.05) is 19.9 Å². The lowest BCUT2D eigenvalue weighted by Crippen LogP contribution is -2.44. The highest BCUT2D eigenvalue weighted by Gasteiger charge is 2.36. The van der Waals surface area contributed by atoms with Crippen LogP contribution in [0.25, 0.3) is 0 Å². The number of amides is 1. The van der Waals surface area contributed by atoms with Crippen LogP contribution in [0.2, 0.25) is 0 Å². The molecule has 1 aromatic heterocycles. The second kappa shape index (κ2) is 7.71. The normalized spacial score (nSPS) is 22.0. The maximum atomic E-state index is 12.6. The van der Waals surface area contributed by atoms with Crippen molar-refractivity contribution in [2.24, 2.45) is 10.9 Å². The first-order valence-electron chi connectivity index (χ1n) is 8.59. The summed E-state index contributed by atoms with van der Waals surface area (Å²) in [6.07, 6.45) is 1.68. The maximum absolute atomic E-state index is 12.6. The standard InChI is InChI=1S/C17H25N7O/c1-12-10-13(2)21-17(20-12)24-16(25)15(14(3)22-24)11-19-6-9-23-7-4-18-5-8-23/h10-11,15,18,22H,3-9H2,1-2H3/t15-/m1/s1. The Kier molecular flexibility index (Phi) is 5.40. The molecule has 0 unspecified atom stereocenters. The van der Waals surface area contributed by atoms with Crippen LogP contribution in [0.3, 0.4) is 0 Å². The predicted octanol–water partition coefficient (Wildman–Crippen LogP) is 0.0505. The number of aliphatic imine (C=N–C) groups is 1. The fraction of sp³-hybridized carbons (Fsp3) is 0.529. The van der Waals surface area contributed by atoms with Crippen LogP contribution in [0.15, 0.2) is 23.3 Å². The van der Waals surface area contributed by atoms with Crippen LogP contribution in [-0.2, 0) is 4.79 Å². The zero-order valence-electron chi connectivity index (χ0n) is 14.8. The number of carbonyl (C=O) groups excluding carboxylic acids is 1. The number of rotatable bonds is 5. The molecule has 0 bridgehead atoms. The number of hydrogen-bond acceptors (Lipinski definition) is 7.